The van der Waals surface area contributed by atoms with Gasteiger partial charge in [-0.05, 0) is 18.5 Å². The summed E-state index contributed by atoms with van der Waals surface area (Å²) in [5, 5.41) is 9.37. The van der Waals surface area contributed by atoms with E-state index in [4.69, 9.17) is 5.11 Å². The number of carbonyl (C=O) groups excluding carboxylic acids is 2. The highest BCUT2D eigenvalue weighted by atomic mass is 32.1. The smallest absolute Gasteiger partial charge is 0.340 e. The number of hydrogen-bond acceptors (Lipinski definition) is 5. The van der Waals surface area contributed by atoms with Crippen LogP contribution in [-0.2, 0) is 9.59 Å². The van der Waals surface area contributed by atoms with E-state index in [1.54, 1.807) is 6.92 Å². The first-order chi connectivity index (χ1) is 8.75. The third-order valence-corrected chi connectivity index (χ3v) is 3.66. The van der Waals surface area contributed by atoms with E-state index in [1.807, 2.05) is 0 Å². The molecule has 0 aliphatic rings. The fourth-order valence-corrected chi connectivity index (χ4v) is 2.23. The Balaban J connectivity index is 2.95. The monoisotopic (exact) mass is 285 g/mol. The van der Waals surface area contributed by atoms with E-state index < -0.39 is 5.97 Å². The molecule has 1 aromatic rings. The number of aryl methyl sites for hydroxylation is 1. The average Bonchev–Trinajstić information content (AvgIpc) is 2.69. The highest BCUT2D eigenvalue weighted by Gasteiger charge is 2.24. The lowest BCUT2D eigenvalue weighted by Gasteiger charge is -2.20. The molecule has 0 spiro atoms. The Morgan fingerprint density at radius 3 is 2.37 bits per heavy atom. The molecule has 0 radical (unpaired) electrons. The van der Waals surface area contributed by atoms with E-state index in [-0.39, 0.29) is 28.9 Å². The van der Waals surface area contributed by atoms with Crippen LogP contribution in [0.15, 0.2) is 0 Å². The number of carbonyl (C=O) groups is 3. The van der Waals surface area contributed by atoms with Crippen LogP contribution in [0.4, 0.5) is 5.00 Å². The summed E-state index contributed by atoms with van der Waals surface area (Å²) in [6, 6.07) is 0. The molecule has 2 amide bonds. The molecule has 0 atom stereocenters. The molecule has 0 saturated heterocycles. The number of carboxylic acids is 1. The maximum Gasteiger partial charge on any atom is 0.340 e. The highest BCUT2D eigenvalue weighted by molar-refractivity contribution is 7.11. The second-order valence-electron chi connectivity index (χ2n) is 4.08. The summed E-state index contributed by atoms with van der Waals surface area (Å²) in [5.41, 5.74) is 0.387. The zero-order chi connectivity index (χ0) is 14.7. The first-order valence-corrected chi connectivity index (χ1v) is 6.20. The molecule has 0 aliphatic heterocycles. The Bertz CT molecular complexity index is 526. The van der Waals surface area contributed by atoms with Gasteiger partial charge in [0.1, 0.15) is 10.6 Å². The van der Waals surface area contributed by atoms with E-state index in [9.17, 15) is 14.4 Å². The number of aromatic nitrogens is 1. The zero-order valence-electron chi connectivity index (χ0n) is 11.1. The molecule has 0 aromatic carbocycles. The van der Waals surface area contributed by atoms with Crippen LogP contribution in [-0.4, -0.2) is 52.8 Å². The van der Waals surface area contributed by atoms with Crippen molar-refractivity contribution in [3.63, 3.8) is 0 Å². The van der Waals surface area contributed by atoms with Crippen molar-refractivity contribution < 1.29 is 19.5 Å². The number of hydrogen-bond donors (Lipinski definition) is 1. The van der Waals surface area contributed by atoms with Crippen molar-refractivity contribution >= 4 is 34.3 Å². The summed E-state index contributed by atoms with van der Waals surface area (Å²) in [4.78, 5) is 36.6. The van der Waals surface area contributed by atoms with Crippen molar-refractivity contribution in [2.45, 2.75) is 13.8 Å². The Hall–Kier alpha value is -1.96. The molecule has 0 fully saturated rings. The normalized spacial score (nSPS) is 10.1. The van der Waals surface area contributed by atoms with Crippen LogP contribution in [0.2, 0.25) is 0 Å². The third kappa shape index (κ3) is 3.28. The predicted molar refractivity (Wildman–Crippen MR) is 70.5 cm³/mol. The average molecular weight is 285 g/mol. The molecule has 104 valence electrons. The van der Waals surface area contributed by atoms with Crippen LogP contribution in [0.5, 0.6) is 0 Å². The molecular weight excluding hydrogens is 270 g/mol. The van der Waals surface area contributed by atoms with Crippen LogP contribution < -0.4 is 4.90 Å². The highest BCUT2D eigenvalue weighted by Crippen LogP contribution is 2.27. The number of amides is 2. The van der Waals surface area contributed by atoms with E-state index in [2.05, 4.69) is 4.37 Å². The van der Waals surface area contributed by atoms with Gasteiger partial charge in [0.25, 0.3) is 0 Å². The van der Waals surface area contributed by atoms with Crippen molar-refractivity contribution in [1.29, 1.82) is 0 Å². The molecule has 1 rings (SSSR count). The number of nitrogens with zero attached hydrogens (tertiary/aromatic N) is 3. The van der Waals surface area contributed by atoms with Crippen molar-refractivity contribution in [2.75, 3.05) is 25.5 Å². The van der Waals surface area contributed by atoms with Gasteiger partial charge in [0.05, 0.1) is 12.2 Å². The van der Waals surface area contributed by atoms with E-state index in [0.29, 0.717) is 5.69 Å². The van der Waals surface area contributed by atoms with Gasteiger partial charge in [-0.25, -0.2) is 4.79 Å². The summed E-state index contributed by atoms with van der Waals surface area (Å²) >= 11 is 0.947. The molecule has 8 heteroatoms. The molecule has 19 heavy (non-hydrogen) atoms. The first-order valence-electron chi connectivity index (χ1n) is 5.43. The largest absolute Gasteiger partial charge is 0.478 e. The molecule has 1 N–H and O–H groups in total. The van der Waals surface area contributed by atoms with Gasteiger partial charge >= 0.3 is 5.97 Å². The second kappa shape index (κ2) is 5.79. The summed E-state index contributed by atoms with van der Waals surface area (Å²) in [6.07, 6.45) is 0. The number of likely N-dealkylation sites (N-methyl/N-ethyl adjacent to an activating group) is 2. The molecule has 1 heterocycles. The zero-order valence-corrected chi connectivity index (χ0v) is 11.9. The predicted octanol–water partition coefficient (Wildman–Crippen LogP) is 0.591. The molecular formula is C11H15N3O4S. The minimum atomic E-state index is -1.12. The van der Waals surface area contributed by atoms with Gasteiger partial charge in [-0.1, -0.05) is 0 Å². The number of anilines is 1. The van der Waals surface area contributed by atoms with E-state index in [1.165, 1.54) is 30.8 Å². The first kappa shape index (κ1) is 15.1. The van der Waals surface area contributed by atoms with Crippen LogP contribution in [0.3, 0.4) is 0 Å². The summed E-state index contributed by atoms with van der Waals surface area (Å²) < 4.78 is 3.94. The maximum atomic E-state index is 12.0. The van der Waals surface area contributed by atoms with Gasteiger partial charge in [0.2, 0.25) is 11.8 Å². The van der Waals surface area contributed by atoms with Crippen molar-refractivity contribution in [3.8, 4) is 0 Å². The van der Waals surface area contributed by atoms with Gasteiger partial charge in [0.15, 0.2) is 0 Å². The minimum Gasteiger partial charge on any atom is -0.478 e. The minimum absolute atomic E-state index is 0.0197. The Kier molecular flexibility index (Phi) is 4.60. The van der Waals surface area contributed by atoms with Gasteiger partial charge < -0.3 is 14.9 Å². The fourth-order valence-electron chi connectivity index (χ4n) is 1.37. The fraction of sp³-hybridized carbons (Fsp3) is 0.455. The maximum absolute atomic E-state index is 12.0. The molecule has 0 aliphatic carbocycles. The lowest BCUT2D eigenvalue weighted by Crippen LogP contribution is -2.38. The number of carboxylic acid groups (broad SMARTS) is 1. The van der Waals surface area contributed by atoms with Gasteiger partial charge in [0, 0.05) is 21.0 Å². The third-order valence-electron chi connectivity index (χ3n) is 2.65. The summed E-state index contributed by atoms with van der Waals surface area (Å²) in [6.45, 7) is 2.82. The van der Waals surface area contributed by atoms with Crippen LogP contribution in [0.1, 0.15) is 23.0 Å². The van der Waals surface area contributed by atoms with Gasteiger partial charge in [-0.3, -0.25) is 9.59 Å². The van der Waals surface area contributed by atoms with Crippen LogP contribution in [0.25, 0.3) is 0 Å². The number of rotatable bonds is 4. The molecule has 0 saturated carbocycles. The van der Waals surface area contributed by atoms with Gasteiger partial charge in [-0.2, -0.15) is 4.37 Å². The second-order valence-corrected chi connectivity index (χ2v) is 4.83. The quantitative estimate of drug-likeness (QED) is 0.874. The summed E-state index contributed by atoms with van der Waals surface area (Å²) in [7, 11) is 2.97. The lowest BCUT2D eigenvalue weighted by molar-refractivity contribution is -0.132. The standard InChI is InChI=1S/C11H15N3O4S/c1-6-9(11(17)18)10(19-12-6)14(4)8(16)5-13(3)7(2)15/h5H2,1-4H3,(H,17,18). The molecule has 0 unspecified atom stereocenters. The Morgan fingerprint density at radius 1 is 1.32 bits per heavy atom. The van der Waals surface area contributed by atoms with E-state index >= 15 is 0 Å². The van der Waals surface area contributed by atoms with Crippen molar-refractivity contribution in [2.24, 2.45) is 0 Å². The van der Waals surface area contributed by atoms with E-state index in [0.717, 1.165) is 11.5 Å². The number of aromatic carboxylic acids is 1. The van der Waals surface area contributed by atoms with Crippen LogP contribution >= 0.6 is 11.5 Å². The Labute approximate surface area is 114 Å². The van der Waals surface area contributed by atoms with Crippen molar-refractivity contribution in [1.82, 2.24) is 9.27 Å². The lowest BCUT2D eigenvalue weighted by atomic mass is 10.2. The SMILES string of the molecule is CC(=O)N(C)CC(=O)N(C)c1snc(C)c1C(=O)O. The molecule has 1 aromatic heterocycles. The van der Waals surface area contributed by atoms with Gasteiger partial charge in [-0.15, -0.1) is 0 Å². The molecule has 0 bridgehead atoms. The molecule has 7 nitrogen and oxygen atoms in total. The topological polar surface area (TPSA) is 90.8 Å². The summed E-state index contributed by atoms with van der Waals surface area (Å²) in [5.74, 6) is -1.73. The Morgan fingerprint density at radius 2 is 1.89 bits per heavy atom. The van der Waals surface area contributed by atoms with Crippen molar-refractivity contribution in [3.05, 3.63) is 11.3 Å². The van der Waals surface area contributed by atoms with Crippen LogP contribution in [0, 0.1) is 6.92 Å².